The second-order valence-electron chi connectivity index (χ2n) is 5.27. The number of aliphatic hydroxyl groups excluding tert-OH is 1. The summed E-state index contributed by atoms with van der Waals surface area (Å²) in [4.78, 5) is 4.36. The molecule has 1 atom stereocenters. The Morgan fingerprint density at radius 1 is 1.28 bits per heavy atom. The molecular formula is C17H29FIN3O2S. The number of thioether (sulfide) groups is 1. The summed E-state index contributed by atoms with van der Waals surface area (Å²) in [6, 6.07) is 5.71. The standard InChI is InChI=1S/C17H28FN3O2S.HI/c1-3-19-17(20-10-4-5-11-24-2)21-12-15(22)13-23-16-8-6-14(18)7-9-16;/h6-9,15,22H,3-5,10-13H2,1-2H3,(H2,19,20,21);1H. The van der Waals surface area contributed by atoms with Crippen molar-refractivity contribution in [2.24, 2.45) is 4.99 Å². The van der Waals surface area contributed by atoms with Crippen molar-refractivity contribution in [2.45, 2.75) is 25.9 Å². The molecule has 0 heterocycles. The molecule has 144 valence electrons. The van der Waals surface area contributed by atoms with Gasteiger partial charge in [-0.3, -0.25) is 4.99 Å². The fraction of sp³-hybridized carbons (Fsp3) is 0.588. The van der Waals surface area contributed by atoms with Crippen molar-refractivity contribution in [3.63, 3.8) is 0 Å². The zero-order valence-corrected chi connectivity index (χ0v) is 18.0. The van der Waals surface area contributed by atoms with Gasteiger partial charge in [0.1, 0.15) is 24.3 Å². The van der Waals surface area contributed by atoms with Crippen molar-refractivity contribution in [1.29, 1.82) is 0 Å². The van der Waals surface area contributed by atoms with E-state index in [9.17, 15) is 9.50 Å². The lowest BCUT2D eigenvalue weighted by molar-refractivity contribution is 0.114. The van der Waals surface area contributed by atoms with Crippen molar-refractivity contribution in [3.8, 4) is 5.75 Å². The number of aliphatic imine (C=N–C) groups is 1. The fourth-order valence-corrected chi connectivity index (χ4v) is 2.39. The van der Waals surface area contributed by atoms with Crippen molar-refractivity contribution >= 4 is 41.7 Å². The van der Waals surface area contributed by atoms with Gasteiger partial charge in [-0.2, -0.15) is 11.8 Å². The molecule has 0 aromatic heterocycles. The lowest BCUT2D eigenvalue weighted by atomic mass is 10.3. The van der Waals surface area contributed by atoms with E-state index in [1.807, 2.05) is 18.7 Å². The van der Waals surface area contributed by atoms with E-state index < -0.39 is 6.10 Å². The number of unbranched alkanes of at least 4 members (excludes halogenated alkanes) is 1. The monoisotopic (exact) mass is 485 g/mol. The number of aliphatic hydroxyl groups is 1. The number of nitrogens with zero attached hydrogens (tertiary/aromatic N) is 1. The number of nitrogens with one attached hydrogen (secondary N) is 2. The zero-order chi connectivity index (χ0) is 17.6. The van der Waals surface area contributed by atoms with Crippen LogP contribution in [-0.4, -0.2) is 55.4 Å². The molecule has 1 rings (SSSR count). The lowest BCUT2D eigenvalue weighted by Gasteiger charge is -2.13. The highest BCUT2D eigenvalue weighted by atomic mass is 127. The molecule has 0 saturated carbocycles. The largest absolute Gasteiger partial charge is 0.491 e. The van der Waals surface area contributed by atoms with Gasteiger partial charge in [-0.25, -0.2) is 4.39 Å². The summed E-state index contributed by atoms with van der Waals surface area (Å²) >= 11 is 1.85. The Labute approximate surface area is 171 Å². The molecular weight excluding hydrogens is 456 g/mol. The van der Waals surface area contributed by atoms with Crippen LogP contribution < -0.4 is 15.4 Å². The SMILES string of the molecule is CCNC(=NCC(O)COc1ccc(F)cc1)NCCCCSC.I. The maximum absolute atomic E-state index is 12.8. The molecule has 25 heavy (non-hydrogen) atoms. The quantitative estimate of drug-likeness (QED) is 0.195. The Kier molecular flexibility index (Phi) is 15.1. The van der Waals surface area contributed by atoms with Crippen molar-refractivity contribution in [1.82, 2.24) is 10.6 Å². The highest BCUT2D eigenvalue weighted by Gasteiger charge is 2.06. The molecule has 0 fully saturated rings. The first-order valence-corrected chi connectivity index (χ1v) is 9.62. The number of hydrogen-bond donors (Lipinski definition) is 3. The van der Waals surface area contributed by atoms with Crippen LogP contribution in [0.2, 0.25) is 0 Å². The minimum atomic E-state index is -0.720. The van der Waals surface area contributed by atoms with Gasteiger partial charge >= 0.3 is 0 Å². The molecule has 1 unspecified atom stereocenters. The minimum absolute atomic E-state index is 0. The predicted molar refractivity (Wildman–Crippen MR) is 115 cm³/mol. The highest BCUT2D eigenvalue weighted by Crippen LogP contribution is 2.11. The van der Waals surface area contributed by atoms with E-state index >= 15 is 0 Å². The molecule has 0 radical (unpaired) electrons. The summed E-state index contributed by atoms with van der Waals surface area (Å²) < 4.78 is 18.2. The van der Waals surface area contributed by atoms with Gasteiger partial charge < -0.3 is 20.5 Å². The van der Waals surface area contributed by atoms with Crippen molar-refractivity contribution in [3.05, 3.63) is 30.1 Å². The molecule has 0 amide bonds. The summed E-state index contributed by atoms with van der Waals surface area (Å²) in [5.41, 5.74) is 0. The first-order chi connectivity index (χ1) is 11.7. The van der Waals surface area contributed by atoms with Crippen LogP contribution in [0.1, 0.15) is 19.8 Å². The van der Waals surface area contributed by atoms with Gasteiger partial charge in [0.2, 0.25) is 0 Å². The molecule has 5 nitrogen and oxygen atoms in total. The smallest absolute Gasteiger partial charge is 0.191 e. The van der Waals surface area contributed by atoms with Crippen LogP contribution in [0.4, 0.5) is 4.39 Å². The van der Waals surface area contributed by atoms with Crippen molar-refractivity contribution < 1.29 is 14.2 Å². The first-order valence-electron chi connectivity index (χ1n) is 8.23. The van der Waals surface area contributed by atoms with E-state index in [-0.39, 0.29) is 42.9 Å². The van der Waals surface area contributed by atoms with Gasteiger partial charge in [-0.15, -0.1) is 24.0 Å². The van der Waals surface area contributed by atoms with Gasteiger partial charge in [0.25, 0.3) is 0 Å². The van der Waals surface area contributed by atoms with Crippen LogP contribution in [0.3, 0.4) is 0 Å². The van der Waals surface area contributed by atoms with E-state index in [0.717, 1.165) is 25.3 Å². The van der Waals surface area contributed by atoms with E-state index in [4.69, 9.17) is 4.74 Å². The van der Waals surface area contributed by atoms with E-state index in [1.165, 1.54) is 30.7 Å². The van der Waals surface area contributed by atoms with Crippen LogP contribution >= 0.6 is 35.7 Å². The molecule has 1 aromatic rings. The Balaban J connectivity index is 0.00000576. The predicted octanol–water partition coefficient (Wildman–Crippen LogP) is 2.88. The number of benzene rings is 1. The second-order valence-corrected chi connectivity index (χ2v) is 6.25. The summed E-state index contributed by atoms with van der Waals surface area (Å²) in [5, 5.41) is 16.4. The van der Waals surface area contributed by atoms with E-state index in [0.29, 0.717) is 11.7 Å². The third-order valence-corrected chi connectivity index (χ3v) is 3.83. The Morgan fingerprint density at radius 2 is 2.00 bits per heavy atom. The lowest BCUT2D eigenvalue weighted by Crippen LogP contribution is -2.38. The number of hydrogen-bond acceptors (Lipinski definition) is 4. The molecule has 0 spiro atoms. The molecule has 0 bridgehead atoms. The third-order valence-electron chi connectivity index (χ3n) is 3.13. The summed E-state index contributed by atoms with van der Waals surface area (Å²) in [6.07, 6.45) is 3.64. The Bertz CT molecular complexity index is 477. The van der Waals surface area contributed by atoms with E-state index in [1.54, 1.807) is 0 Å². The van der Waals surface area contributed by atoms with Crippen LogP contribution in [0.5, 0.6) is 5.75 Å². The van der Waals surface area contributed by atoms with E-state index in [2.05, 4.69) is 21.9 Å². The number of ether oxygens (including phenoxy) is 1. The molecule has 0 aliphatic rings. The number of rotatable bonds is 11. The maximum atomic E-state index is 12.8. The third kappa shape index (κ3) is 12.3. The Morgan fingerprint density at radius 3 is 2.64 bits per heavy atom. The molecule has 1 aromatic carbocycles. The topological polar surface area (TPSA) is 65.9 Å². The first kappa shape index (κ1) is 24.3. The molecule has 3 N–H and O–H groups in total. The number of halogens is 2. The van der Waals surface area contributed by atoms with Gasteiger partial charge in [-0.1, -0.05) is 0 Å². The molecule has 0 aliphatic carbocycles. The van der Waals surface area contributed by atoms with Crippen LogP contribution in [0.25, 0.3) is 0 Å². The average Bonchev–Trinajstić information content (AvgIpc) is 2.59. The zero-order valence-electron chi connectivity index (χ0n) is 14.8. The van der Waals surface area contributed by atoms with Crippen LogP contribution in [0, 0.1) is 5.82 Å². The van der Waals surface area contributed by atoms with Crippen LogP contribution in [-0.2, 0) is 0 Å². The summed E-state index contributed by atoms with van der Waals surface area (Å²) in [5.74, 6) is 2.07. The molecule has 0 aliphatic heterocycles. The molecule has 0 saturated heterocycles. The Hall–Kier alpha value is -0.740. The van der Waals surface area contributed by atoms with Gasteiger partial charge in [0.15, 0.2) is 5.96 Å². The van der Waals surface area contributed by atoms with Crippen LogP contribution in [0.15, 0.2) is 29.3 Å². The maximum Gasteiger partial charge on any atom is 0.191 e. The second kappa shape index (κ2) is 15.5. The average molecular weight is 485 g/mol. The minimum Gasteiger partial charge on any atom is -0.491 e. The normalized spacial score (nSPS) is 12.2. The molecule has 8 heteroatoms. The summed E-state index contributed by atoms with van der Waals surface area (Å²) in [7, 11) is 0. The van der Waals surface area contributed by atoms with Gasteiger partial charge in [0.05, 0.1) is 6.54 Å². The highest BCUT2D eigenvalue weighted by molar-refractivity contribution is 14.0. The summed E-state index contributed by atoms with van der Waals surface area (Å²) in [6.45, 7) is 3.97. The number of guanidine groups is 1. The fourth-order valence-electron chi connectivity index (χ4n) is 1.89. The van der Waals surface area contributed by atoms with Crippen molar-refractivity contribution in [2.75, 3.05) is 38.2 Å². The van der Waals surface area contributed by atoms with Gasteiger partial charge in [-0.05, 0) is 56.0 Å². The van der Waals surface area contributed by atoms with Gasteiger partial charge in [0, 0.05) is 13.1 Å².